The lowest BCUT2D eigenvalue weighted by Crippen LogP contribution is -2.04. The third kappa shape index (κ3) is 2.97. The van der Waals surface area contributed by atoms with Crippen LogP contribution < -0.4 is 15.8 Å². The van der Waals surface area contributed by atoms with Gasteiger partial charge in [-0.25, -0.2) is 0 Å². The van der Waals surface area contributed by atoms with Crippen molar-refractivity contribution in [2.75, 3.05) is 17.7 Å². The highest BCUT2D eigenvalue weighted by Crippen LogP contribution is 2.29. The topological polar surface area (TPSA) is 60.4 Å². The van der Waals surface area contributed by atoms with Crippen LogP contribution in [0.2, 0.25) is 0 Å². The molecule has 96 valence electrons. The normalized spacial score (nSPS) is 10.3. The van der Waals surface area contributed by atoms with E-state index in [1.54, 1.807) is 12.5 Å². The average Bonchev–Trinajstić information content (AvgIpc) is 2.89. The van der Waals surface area contributed by atoms with Crippen LogP contribution >= 0.6 is 0 Å². The van der Waals surface area contributed by atoms with E-state index < -0.39 is 0 Å². The third-order valence-corrected chi connectivity index (χ3v) is 2.59. The molecule has 0 unspecified atom stereocenters. The molecule has 0 saturated carbocycles. The highest BCUT2D eigenvalue weighted by molar-refractivity contribution is 5.72. The van der Waals surface area contributed by atoms with E-state index in [1.165, 1.54) is 0 Å². The molecule has 0 bridgehead atoms. The first-order valence-electron chi connectivity index (χ1n) is 6.07. The van der Waals surface area contributed by atoms with E-state index >= 15 is 0 Å². The molecular weight excluding hydrogens is 228 g/mol. The molecule has 0 atom stereocenters. The predicted octanol–water partition coefficient (Wildman–Crippen LogP) is 3.26. The van der Waals surface area contributed by atoms with E-state index in [0.717, 1.165) is 23.4 Å². The molecule has 18 heavy (non-hydrogen) atoms. The summed E-state index contributed by atoms with van der Waals surface area (Å²) in [6.07, 6.45) is 4.33. The highest BCUT2D eigenvalue weighted by atomic mass is 16.5. The number of nitrogens with two attached hydrogens (primary N) is 1. The maximum absolute atomic E-state index is 6.05. The van der Waals surface area contributed by atoms with Gasteiger partial charge in [-0.2, -0.15) is 0 Å². The smallest absolute Gasteiger partial charge is 0.144 e. The Bertz CT molecular complexity index is 481. The molecule has 4 nitrogen and oxygen atoms in total. The largest absolute Gasteiger partial charge is 0.491 e. The standard InChI is InChI=1S/C14H18N2O2/c1-2-7-18-13-5-3-4-12(14(13)15)16-9-11-6-8-17-10-11/h3-6,8,10,16H,2,7,9,15H2,1H3. The Kier molecular flexibility index (Phi) is 4.12. The first-order valence-corrected chi connectivity index (χ1v) is 6.07. The first-order chi connectivity index (χ1) is 8.81. The number of nitrogens with one attached hydrogen (secondary N) is 1. The minimum absolute atomic E-state index is 0.648. The molecule has 0 amide bonds. The van der Waals surface area contributed by atoms with Gasteiger partial charge in [-0.3, -0.25) is 0 Å². The molecule has 3 N–H and O–H groups in total. The van der Waals surface area contributed by atoms with Gasteiger partial charge in [0.25, 0.3) is 0 Å². The van der Waals surface area contributed by atoms with Gasteiger partial charge in [0, 0.05) is 12.1 Å². The van der Waals surface area contributed by atoms with Gasteiger partial charge in [-0.15, -0.1) is 0 Å². The monoisotopic (exact) mass is 246 g/mol. The number of anilines is 2. The van der Waals surface area contributed by atoms with Crippen molar-refractivity contribution in [3.8, 4) is 5.75 Å². The lowest BCUT2D eigenvalue weighted by atomic mass is 10.2. The van der Waals surface area contributed by atoms with Gasteiger partial charge in [0.2, 0.25) is 0 Å². The summed E-state index contributed by atoms with van der Waals surface area (Å²) in [5, 5.41) is 3.27. The first kappa shape index (κ1) is 12.4. The number of nitrogen functional groups attached to an aromatic ring is 1. The van der Waals surface area contributed by atoms with Crippen LogP contribution in [0.5, 0.6) is 5.75 Å². The molecule has 2 rings (SSSR count). The second-order valence-corrected chi connectivity index (χ2v) is 4.05. The summed E-state index contributed by atoms with van der Waals surface area (Å²) in [7, 11) is 0. The van der Waals surface area contributed by atoms with Gasteiger partial charge in [-0.05, 0) is 24.6 Å². The van der Waals surface area contributed by atoms with Crippen LogP contribution in [0.25, 0.3) is 0 Å². The molecule has 2 aromatic rings. The van der Waals surface area contributed by atoms with Gasteiger partial charge in [0.1, 0.15) is 5.75 Å². The highest BCUT2D eigenvalue weighted by Gasteiger charge is 2.05. The van der Waals surface area contributed by atoms with E-state index in [1.807, 2.05) is 24.3 Å². The molecule has 0 aliphatic heterocycles. The van der Waals surface area contributed by atoms with Crippen LogP contribution in [0.1, 0.15) is 18.9 Å². The van der Waals surface area contributed by atoms with E-state index in [0.29, 0.717) is 18.8 Å². The maximum Gasteiger partial charge on any atom is 0.144 e. The molecule has 0 aliphatic rings. The van der Waals surface area contributed by atoms with Crippen molar-refractivity contribution in [1.82, 2.24) is 0 Å². The Morgan fingerprint density at radius 3 is 2.94 bits per heavy atom. The fraction of sp³-hybridized carbons (Fsp3) is 0.286. The predicted molar refractivity (Wildman–Crippen MR) is 72.7 cm³/mol. The lowest BCUT2D eigenvalue weighted by molar-refractivity contribution is 0.319. The van der Waals surface area contributed by atoms with Gasteiger partial charge < -0.3 is 20.2 Å². The van der Waals surface area contributed by atoms with Crippen LogP contribution in [0.4, 0.5) is 11.4 Å². The number of hydrogen-bond acceptors (Lipinski definition) is 4. The van der Waals surface area contributed by atoms with Crippen LogP contribution in [-0.2, 0) is 6.54 Å². The Labute approximate surface area is 107 Å². The van der Waals surface area contributed by atoms with Gasteiger partial charge in [0.15, 0.2) is 0 Å². The second-order valence-electron chi connectivity index (χ2n) is 4.05. The maximum atomic E-state index is 6.05. The average molecular weight is 246 g/mol. The van der Waals surface area contributed by atoms with Crippen molar-refractivity contribution < 1.29 is 9.15 Å². The molecule has 1 heterocycles. The molecule has 0 radical (unpaired) electrons. The summed E-state index contributed by atoms with van der Waals surface area (Å²) in [4.78, 5) is 0. The number of furan rings is 1. The molecule has 1 aromatic carbocycles. The van der Waals surface area contributed by atoms with Crippen molar-refractivity contribution in [1.29, 1.82) is 0 Å². The Hall–Kier alpha value is -2.10. The van der Waals surface area contributed by atoms with Crippen molar-refractivity contribution in [2.45, 2.75) is 19.9 Å². The zero-order valence-corrected chi connectivity index (χ0v) is 10.5. The van der Waals surface area contributed by atoms with Crippen molar-refractivity contribution >= 4 is 11.4 Å². The SMILES string of the molecule is CCCOc1cccc(NCc2ccoc2)c1N. The van der Waals surface area contributed by atoms with Gasteiger partial charge in [-0.1, -0.05) is 13.0 Å². The summed E-state index contributed by atoms with van der Waals surface area (Å²) in [5.74, 6) is 0.731. The van der Waals surface area contributed by atoms with Crippen LogP contribution in [-0.4, -0.2) is 6.61 Å². The lowest BCUT2D eigenvalue weighted by Gasteiger charge is -2.13. The van der Waals surface area contributed by atoms with Crippen molar-refractivity contribution in [3.63, 3.8) is 0 Å². The third-order valence-electron chi connectivity index (χ3n) is 2.59. The van der Waals surface area contributed by atoms with E-state index in [-0.39, 0.29) is 0 Å². The summed E-state index contributed by atoms with van der Waals surface area (Å²) >= 11 is 0. The fourth-order valence-electron chi connectivity index (χ4n) is 1.63. The molecule has 0 saturated heterocycles. The molecule has 0 spiro atoms. The van der Waals surface area contributed by atoms with Crippen LogP contribution in [0.3, 0.4) is 0 Å². The molecular formula is C14H18N2O2. The summed E-state index contributed by atoms with van der Waals surface area (Å²) in [6, 6.07) is 7.67. The quantitative estimate of drug-likeness (QED) is 0.768. The molecule has 0 aliphatic carbocycles. The van der Waals surface area contributed by atoms with E-state index in [9.17, 15) is 0 Å². The number of ether oxygens (including phenoxy) is 1. The minimum Gasteiger partial charge on any atom is -0.491 e. The van der Waals surface area contributed by atoms with Crippen LogP contribution in [0, 0.1) is 0 Å². The molecule has 0 fully saturated rings. The number of hydrogen-bond donors (Lipinski definition) is 2. The van der Waals surface area contributed by atoms with Gasteiger partial charge in [0.05, 0.1) is 30.5 Å². The second kappa shape index (κ2) is 6.00. The number of rotatable bonds is 6. The molecule has 1 aromatic heterocycles. The van der Waals surface area contributed by atoms with E-state index in [4.69, 9.17) is 14.9 Å². The van der Waals surface area contributed by atoms with Crippen molar-refractivity contribution in [2.24, 2.45) is 0 Å². The van der Waals surface area contributed by atoms with E-state index in [2.05, 4.69) is 12.2 Å². The Balaban J connectivity index is 2.03. The zero-order valence-electron chi connectivity index (χ0n) is 10.5. The number of para-hydroxylation sites is 1. The van der Waals surface area contributed by atoms with Gasteiger partial charge >= 0.3 is 0 Å². The summed E-state index contributed by atoms with van der Waals surface area (Å²) < 4.78 is 10.6. The zero-order chi connectivity index (χ0) is 12.8. The van der Waals surface area contributed by atoms with Crippen LogP contribution in [0.15, 0.2) is 41.2 Å². The van der Waals surface area contributed by atoms with Crippen molar-refractivity contribution in [3.05, 3.63) is 42.4 Å². The number of benzene rings is 1. The summed E-state index contributed by atoms with van der Waals surface area (Å²) in [6.45, 7) is 3.42. The summed E-state index contributed by atoms with van der Waals surface area (Å²) in [5.41, 5.74) is 8.66. The molecule has 4 heteroatoms. The Morgan fingerprint density at radius 2 is 2.22 bits per heavy atom. The Morgan fingerprint density at radius 1 is 1.33 bits per heavy atom. The minimum atomic E-state index is 0.648. The fourth-order valence-corrected chi connectivity index (χ4v) is 1.63.